The predicted octanol–water partition coefficient (Wildman–Crippen LogP) is 12.0. The number of methoxy groups -OCH3 is 1. The maximum absolute atomic E-state index is 14.5. The van der Waals surface area contributed by atoms with Crippen molar-refractivity contribution in [2.45, 2.75) is 170 Å². The van der Waals surface area contributed by atoms with E-state index in [0.717, 1.165) is 59.8 Å². The molecule has 2 aromatic rings. The summed E-state index contributed by atoms with van der Waals surface area (Å²) in [5.74, 6) is 1.96. The van der Waals surface area contributed by atoms with Crippen LogP contribution in [0.2, 0.25) is 31.2 Å². The largest absolute Gasteiger partial charge is 0.496 e. The third-order valence-corrected chi connectivity index (χ3v) is 19.1. The fourth-order valence-electron chi connectivity index (χ4n) is 9.35. The number of benzene rings is 2. The van der Waals surface area contributed by atoms with Gasteiger partial charge >= 0.3 is 5.97 Å². The lowest BCUT2D eigenvalue weighted by atomic mass is 9.65. The molecule has 58 heavy (non-hydrogen) atoms. The molecule has 1 aliphatic heterocycles. The molecule has 1 saturated heterocycles. The van der Waals surface area contributed by atoms with Crippen LogP contribution in [0.5, 0.6) is 5.75 Å². The Morgan fingerprint density at radius 2 is 1.72 bits per heavy atom. The highest BCUT2D eigenvalue weighted by atomic mass is 28.4. The number of amides is 1. The van der Waals surface area contributed by atoms with Gasteiger partial charge < -0.3 is 23.2 Å². The Hall–Kier alpha value is -2.73. The average molecular weight is 832 g/mol. The van der Waals surface area contributed by atoms with Crippen LogP contribution >= 0.6 is 0 Å². The maximum atomic E-state index is 14.5. The van der Waals surface area contributed by atoms with Crippen LogP contribution in [0.25, 0.3) is 10.8 Å². The summed E-state index contributed by atoms with van der Waals surface area (Å²) in [6.07, 6.45) is 11.4. The van der Waals surface area contributed by atoms with Crippen molar-refractivity contribution in [2.24, 2.45) is 35.0 Å². The van der Waals surface area contributed by atoms with Gasteiger partial charge in [0.2, 0.25) is 5.91 Å². The molecule has 9 atom stereocenters. The van der Waals surface area contributed by atoms with Crippen LogP contribution in [-0.2, 0) is 29.7 Å². The summed E-state index contributed by atoms with van der Waals surface area (Å²) in [7, 11) is -1.74. The molecule has 0 radical (unpaired) electrons. The van der Waals surface area contributed by atoms with Gasteiger partial charge in [0.25, 0.3) is 0 Å². The molecule has 1 fully saturated rings. The van der Waals surface area contributed by atoms with Crippen LogP contribution in [0, 0.1) is 35.0 Å². The lowest BCUT2D eigenvalue weighted by Crippen LogP contribution is -2.52. The van der Waals surface area contributed by atoms with E-state index in [2.05, 4.69) is 135 Å². The number of allylic oxidation sites excluding steroid dienone is 3. The average Bonchev–Trinajstić information content (AvgIpc) is 3.12. The number of carbonyl (C=O) groups is 2. The van der Waals surface area contributed by atoms with Crippen molar-refractivity contribution in [3.63, 3.8) is 0 Å². The number of likely N-dealkylation sites (tertiary alicyclic amines) is 1. The number of esters is 1. The van der Waals surface area contributed by atoms with E-state index < -0.39 is 17.4 Å². The molecule has 0 saturated carbocycles. The lowest BCUT2D eigenvalue weighted by molar-refractivity contribution is -0.158. The summed E-state index contributed by atoms with van der Waals surface area (Å²) >= 11 is 0. The fraction of sp³-hybridized carbons (Fsp3) is 0.673. The van der Waals surface area contributed by atoms with Gasteiger partial charge in [0.05, 0.1) is 31.7 Å². The van der Waals surface area contributed by atoms with E-state index in [-0.39, 0.29) is 58.5 Å². The summed E-state index contributed by atoms with van der Waals surface area (Å²) in [5, 5.41) is 2.31. The molecule has 3 aliphatic rings. The molecule has 7 nitrogen and oxygen atoms in total. The highest BCUT2D eigenvalue weighted by Gasteiger charge is 2.45. The Labute approximate surface area is 354 Å². The van der Waals surface area contributed by atoms with Crippen molar-refractivity contribution < 1.29 is 27.9 Å². The molecule has 1 amide bonds. The van der Waals surface area contributed by atoms with Gasteiger partial charge in [-0.2, -0.15) is 0 Å². The number of fused-ring (bicyclic) bond motifs is 2. The molecule has 9 heteroatoms. The van der Waals surface area contributed by atoms with E-state index in [1.54, 1.807) is 7.11 Å². The van der Waals surface area contributed by atoms with Crippen molar-refractivity contribution in [3.8, 4) is 5.75 Å². The van der Waals surface area contributed by atoms with Gasteiger partial charge in [-0.05, 0) is 121 Å². The second-order valence-electron chi connectivity index (χ2n) is 20.9. The van der Waals surface area contributed by atoms with E-state index in [4.69, 9.17) is 18.3 Å². The topological polar surface area (TPSA) is 74.3 Å². The zero-order valence-corrected chi connectivity index (χ0v) is 40.9. The second-order valence-corrected chi connectivity index (χ2v) is 28.1. The minimum absolute atomic E-state index is 0.0296. The van der Waals surface area contributed by atoms with Crippen molar-refractivity contribution in [1.82, 2.24) is 4.90 Å². The third kappa shape index (κ3) is 10.6. The fourth-order valence-corrected chi connectivity index (χ4v) is 11.8. The van der Waals surface area contributed by atoms with Crippen LogP contribution in [-0.4, -0.2) is 59.5 Å². The third-order valence-electron chi connectivity index (χ3n) is 13.8. The molecular weight excluding hydrogens is 755 g/mol. The predicted molar refractivity (Wildman–Crippen MR) is 244 cm³/mol. The Kier molecular flexibility index (Phi) is 14.8. The van der Waals surface area contributed by atoms with Crippen LogP contribution < -0.4 is 4.74 Å². The molecule has 9 unspecified atom stereocenters. The molecule has 2 aromatic carbocycles. The molecule has 2 aliphatic carbocycles. The van der Waals surface area contributed by atoms with E-state index in [0.29, 0.717) is 30.7 Å². The SMILES string of the molecule is CCC(C)C(=O)OC1CC(C)C=C2C=CC(C)C(CCC3CC(O[Si](C)(C)C(C)(C)C)CC(=O)N3Cc3ccc4c(C(O[SiH](C)C)C(C)(C)C)c(OC)ccc4c3)C21. The standard InChI is InChI=1S/C49H77NO6Si2/c1-16-32(3)47(52)54-42-26-31(2)25-36-19-17-33(4)39(44(36)42)23-21-37-28-38(56-58(14,15)49(8,9)10)29-43(51)50(37)30-34-18-22-40-35(27-34)20-24-41(53-11)45(40)46(48(5,6)7)55-57(12)13/h17-20,22,24-25,27,31-33,37-39,42,44,46,57H,16,21,23,26,28-30H2,1-15H3. The highest BCUT2D eigenvalue weighted by Crippen LogP contribution is 2.47. The van der Waals surface area contributed by atoms with Crippen LogP contribution in [0.15, 0.2) is 54.1 Å². The van der Waals surface area contributed by atoms with Gasteiger partial charge in [0, 0.05) is 24.1 Å². The summed E-state index contributed by atoms with van der Waals surface area (Å²) in [5.41, 5.74) is 3.41. The van der Waals surface area contributed by atoms with Crippen LogP contribution in [0.3, 0.4) is 0 Å². The summed E-state index contributed by atoms with van der Waals surface area (Å²) < 4.78 is 26.1. The minimum Gasteiger partial charge on any atom is -0.496 e. The van der Waals surface area contributed by atoms with E-state index in [1.165, 1.54) is 5.57 Å². The first-order valence-electron chi connectivity index (χ1n) is 22.4. The Morgan fingerprint density at radius 1 is 1.02 bits per heavy atom. The maximum Gasteiger partial charge on any atom is 0.308 e. The second kappa shape index (κ2) is 18.5. The molecule has 0 aromatic heterocycles. The first kappa shape index (κ1) is 46.3. The highest BCUT2D eigenvalue weighted by molar-refractivity contribution is 6.74. The number of ether oxygens (including phenoxy) is 2. The molecule has 322 valence electrons. The van der Waals surface area contributed by atoms with E-state index in [1.807, 2.05) is 13.8 Å². The monoisotopic (exact) mass is 832 g/mol. The van der Waals surface area contributed by atoms with Crippen molar-refractivity contribution in [1.29, 1.82) is 0 Å². The number of piperidine rings is 1. The first-order valence-corrected chi connectivity index (χ1v) is 28.1. The molecule has 1 heterocycles. The lowest BCUT2D eigenvalue weighted by Gasteiger charge is -2.46. The quantitative estimate of drug-likeness (QED) is 0.139. The van der Waals surface area contributed by atoms with Gasteiger partial charge in [0.1, 0.15) is 11.9 Å². The van der Waals surface area contributed by atoms with E-state index in [9.17, 15) is 9.59 Å². The van der Waals surface area contributed by atoms with Crippen LogP contribution in [0.1, 0.15) is 125 Å². The molecule has 0 N–H and O–H groups in total. The van der Waals surface area contributed by atoms with Gasteiger partial charge in [0.15, 0.2) is 17.4 Å². The van der Waals surface area contributed by atoms with E-state index >= 15 is 0 Å². The first-order chi connectivity index (χ1) is 27.0. The summed E-state index contributed by atoms with van der Waals surface area (Å²) in [6, 6.07) is 10.9. The molecule has 0 bridgehead atoms. The smallest absolute Gasteiger partial charge is 0.308 e. The van der Waals surface area contributed by atoms with Gasteiger partial charge in [-0.15, -0.1) is 0 Å². The van der Waals surface area contributed by atoms with Gasteiger partial charge in [-0.25, -0.2) is 0 Å². The Morgan fingerprint density at radius 3 is 2.34 bits per heavy atom. The molecule has 0 spiro atoms. The number of hydrogen-bond donors (Lipinski definition) is 0. The number of carbonyl (C=O) groups excluding carboxylic acids is 2. The van der Waals surface area contributed by atoms with Gasteiger partial charge in [-0.1, -0.05) is 106 Å². The van der Waals surface area contributed by atoms with Crippen molar-refractivity contribution in [2.75, 3.05) is 7.11 Å². The Bertz CT molecular complexity index is 1820. The normalized spacial score (nSPS) is 26.7. The van der Waals surface area contributed by atoms with Crippen molar-refractivity contribution >= 4 is 40.0 Å². The molecule has 5 rings (SSSR count). The molecular formula is C49H77NO6Si2. The summed E-state index contributed by atoms with van der Waals surface area (Å²) in [4.78, 5) is 29.8. The zero-order valence-electron chi connectivity index (χ0n) is 38.7. The summed E-state index contributed by atoms with van der Waals surface area (Å²) in [6.45, 7) is 31.7. The Balaban J connectivity index is 1.47. The van der Waals surface area contributed by atoms with Crippen LogP contribution in [0.4, 0.5) is 0 Å². The number of nitrogens with zero attached hydrogens (tertiary/aromatic N) is 1. The zero-order chi connectivity index (χ0) is 42.9. The number of rotatable bonds is 14. The number of hydrogen-bond acceptors (Lipinski definition) is 6. The minimum atomic E-state index is -2.11. The van der Waals surface area contributed by atoms with Crippen molar-refractivity contribution in [3.05, 3.63) is 65.3 Å². The van der Waals surface area contributed by atoms with Gasteiger partial charge in [-0.3, -0.25) is 9.59 Å².